The Morgan fingerprint density at radius 1 is 0.773 bits per heavy atom. The van der Waals surface area contributed by atoms with Crippen molar-refractivity contribution < 1.29 is 18.0 Å². The first-order valence-electron chi connectivity index (χ1n) is 14.3. The molecule has 0 aliphatic heterocycles. The molecule has 0 unspecified atom stereocenters. The number of hydrogen-bond donors (Lipinski definition) is 1. The lowest BCUT2D eigenvalue weighted by Crippen LogP contribution is -2.54. The highest BCUT2D eigenvalue weighted by Crippen LogP contribution is 2.26. The molecule has 0 saturated carbocycles. The van der Waals surface area contributed by atoms with Gasteiger partial charge in [-0.25, -0.2) is 8.42 Å². The van der Waals surface area contributed by atoms with Crippen molar-refractivity contribution in [2.45, 2.75) is 50.2 Å². The van der Waals surface area contributed by atoms with Crippen molar-refractivity contribution in [3.05, 3.63) is 130 Å². The fraction of sp³-hybridized carbons (Fsp3) is 0.235. The number of sulfonamides is 1. The fourth-order valence-corrected chi connectivity index (χ4v) is 6.32. The maximum Gasteiger partial charge on any atom is 0.264 e. The van der Waals surface area contributed by atoms with Crippen LogP contribution in [0.4, 0.5) is 5.69 Å². The molecular weight excluding hydrogens is 617 g/mol. The molecule has 0 aliphatic rings. The monoisotopic (exact) mass is 651 g/mol. The van der Waals surface area contributed by atoms with Gasteiger partial charge in [0.15, 0.2) is 0 Å². The van der Waals surface area contributed by atoms with Crippen LogP contribution >= 0.6 is 23.2 Å². The molecule has 0 aromatic heterocycles. The van der Waals surface area contributed by atoms with E-state index in [1.807, 2.05) is 44.2 Å². The average Bonchev–Trinajstić information content (AvgIpc) is 3.03. The van der Waals surface area contributed by atoms with Gasteiger partial charge in [-0.2, -0.15) is 0 Å². The van der Waals surface area contributed by atoms with Crippen molar-refractivity contribution in [1.82, 2.24) is 10.2 Å². The lowest BCUT2D eigenvalue weighted by atomic mass is 10.0. The summed E-state index contributed by atoms with van der Waals surface area (Å²) in [7, 11) is -4.18. The van der Waals surface area contributed by atoms with Gasteiger partial charge in [0.05, 0.1) is 10.6 Å². The summed E-state index contributed by atoms with van der Waals surface area (Å²) in [6.45, 7) is 3.37. The largest absolute Gasteiger partial charge is 0.352 e. The van der Waals surface area contributed by atoms with Crippen LogP contribution in [0.5, 0.6) is 0 Å². The highest BCUT2D eigenvalue weighted by Gasteiger charge is 2.35. The van der Waals surface area contributed by atoms with E-state index in [0.717, 1.165) is 15.4 Å². The van der Waals surface area contributed by atoms with Crippen LogP contribution in [0.1, 0.15) is 31.4 Å². The summed E-state index contributed by atoms with van der Waals surface area (Å²) < 4.78 is 29.0. The van der Waals surface area contributed by atoms with Crippen LogP contribution in [0.25, 0.3) is 0 Å². The summed E-state index contributed by atoms with van der Waals surface area (Å²) in [5.41, 5.74) is 1.86. The second-order valence-electron chi connectivity index (χ2n) is 10.5. The zero-order valence-electron chi connectivity index (χ0n) is 24.6. The van der Waals surface area contributed by atoms with Crippen molar-refractivity contribution in [1.29, 1.82) is 0 Å². The molecule has 7 nitrogen and oxygen atoms in total. The van der Waals surface area contributed by atoms with Crippen LogP contribution in [0, 0.1) is 0 Å². The Hall–Kier alpha value is -3.85. The molecule has 0 heterocycles. The molecular formula is C34H35Cl2N3O4S. The Labute approximate surface area is 269 Å². The molecule has 0 spiro atoms. The smallest absolute Gasteiger partial charge is 0.264 e. The van der Waals surface area contributed by atoms with Gasteiger partial charge >= 0.3 is 0 Å². The van der Waals surface area contributed by atoms with Crippen LogP contribution in [0.2, 0.25) is 10.0 Å². The zero-order chi connectivity index (χ0) is 31.7. The van der Waals surface area contributed by atoms with E-state index >= 15 is 0 Å². The first-order valence-corrected chi connectivity index (χ1v) is 16.5. The number of nitrogens with zero attached hydrogens (tertiary/aromatic N) is 2. The number of rotatable bonds is 13. The highest BCUT2D eigenvalue weighted by atomic mass is 35.5. The maximum atomic E-state index is 14.4. The van der Waals surface area contributed by atoms with Gasteiger partial charge in [0.25, 0.3) is 10.0 Å². The maximum absolute atomic E-state index is 14.4. The van der Waals surface area contributed by atoms with E-state index in [0.29, 0.717) is 16.5 Å². The van der Waals surface area contributed by atoms with Gasteiger partial charge in [0.2, 0.25) is 11.8 Å². The Balaban J connectivity index is 1.79. The van der Waals surface area contributed by atoms with Gasteiger partial charge in [-0.3, -0.25) is 13.9 Å². The topological polar surface area (TPSA) is 86.8 Å². The van der Waals surface area contributed by atoms with E-state index in [4.69, 9.17) is 23.2 Å². The van der Waals surface area contributed by atoms with Crippen molar-refractivity contribution >= 4 is 50.7 Å². The standard InChI is InChI=1S/C34H35Cl2N3O4S/c1-3-25(2)37-34(41)32(22-26-10-6-4-7-11-26)38(23-27-14-16-28(35)17-15-27)33(40)24-39(30-20-18-29(36)19-21-30)44(42,43)31-12-8-5-9-13-31/h4-21,25,32H,3,22-24H2,1-2H3,(H,37,41)/t25-,32+/m0/s1. The summed E-state index contributed by atoms with van der Waals surface area (Å²) >= 11 is 12.2. The summed E-state index contributed by atoms with van der Waals surface area (Å²) in [6.07, 6.45) is 0.934. The summed E-state index contributed by atoms with van der Waals surface area (Å²) in [5, 5.41) is 3.98. The predicted octanol–water partition coefficient (Wildman–Crippen LogP) is 6.74. The first kappa shape index (κ1) is 33.1. The van der Waals surface area contributed by atoms with Gasteiger partial charge in [-0.1, -0.05) is 90.8 Å². The first-order chi connectivity index (χ1) is 21.1. The lowest BCUT2D eigenvalue weighted by molar-refractivity contribution is -0.140. The van der Waals surface area contributed by atoms with Crippen molar-refractivity contribution in [3.63, 3.8) is 0 Å². The molecule has 0 saturated heterocycles. The second-order valence-corrected chi connectivity index (χ2v) is 13.2. The average molecular weight is 653 g/mol. The number of anilines is 1. The molecule has 4 aromatic carbocycles. The quantitative estimate of drug-likeness (QED) is 0.173. The Morgan fingerprint density at radius 2 is 1.32 bits per heavy atom. The third-order valence-corrected chi connectivity index (χ3v) is 9.56. The summed E-state index contributed by atoms with van der Waals surface area (Å²) in [5.74, 6) is -0.871. The van der Waals surface area contributed by atoms with E-state index in [9.17, 15) is 18.0 Å². The molecule has 2 amide bonds. The fourth-order valence-electron chi connectivity index (χ4n) is 4.64. The third kappa shape index (κ3) is 8.62. The van der Waals surface area contributed by atoms with Gasteiger partial charge < -0.3 is 10.2 Å². The highest BCUT2D eigenvalue weighted by molar-refractivity contribution is 7.92. The van der Waals surface area contributed by atoms with Crippen LogP contribution in [0.3, 0.4) is 0 Å². The molecule has 4 rings (SSSR count). The van der Waals surface area contributed by atoms with Crippen LogP contribution in [0.15, 0.2) is 114 Å². The molecule has 1 N–H and O–H groups in total. The van der Waals surface area contributed by atoms with Gasteiger partial charge in [0.1, 0.15) is 12.6 Å². The number of hydrogen-bond acceptors (Lipinski definition) is 4. The van der Waals surface area contributed by atoms with Crippen molar-refractivity contribution in [3.8, 4) is 0 Å². The number of carbonyl (C=O) groups is 2. The second kappa shape index (κ2) is 15.2. The van der Waals surface area contributed by atoms with Crippen molar-refractivity contribution in [2.75, 3.05) is 10.8 Å². The predicted molar refractivity (Wildman–Crippen MR) is 176 cm³/mol. The number of benzene rings is 4. The van der Waals surface area contributed by atoms with Gasteiger partial charge in [-0.15, -0.1) is 0 Å². The van der Waals surface area contributed by atoms with E-state index in [2.05, 4.69) is 5.32 Å². The van der Waals surface area contributed by atoms with Gasteiger partial charge in [-0.05, 0) is 73.0 Å². The van der Waals surface area contributed by atoms with Crippen LogP contribution in [-0.4, -0.2) is 43.8 Å². The molecule has 0 radical (unpaired) electrons. The lowest BCUT2D eigenvalue weighted by Gasteiger charge is -2.34. The molecule has 4 aromatic rings. The van der Waals surface area contributed by atoms with E-state index in [-0.39, 0.29) is 35.5 Å². The van der Waals surface area contributed by atoms with E-state index in [1.165, 1.54) is 17.0 Å². The third-order valence-electron chi connectivity index (χ3n) is 7.26. The van der Waals surface area contributed by atoms with E-state index in [1.54, 1.807) is 66.7 Å². The van der Waals surface area contributed by atoms with E-state index < -0.39 is 28.5 Å². The van der Waals surface area contributed by atoms with Crippen LogP contribution < -0.4 is 9.62 Å². The number of nitrogens with one attached hydrogen (secondary N) is 1. The van der Waals surface area contributed by atoms with Gasteiger partial charge in [0, 0.05) is 29.1 Å². The van der Waals surface area contributed by atoms with Crippen LogP contribution in [-0.2, 0) is 32.6 Å². The minimum absolute atomic E-state index is 0.0300. The molecule has 44 heavy (non-hydrogen) atoms. The zero-order valence-corrected chi connectivity index (χ0v) is 26.9. The molecule has 230 valence electrons. The normalized spacial score (nSPS) is 12.6. The molecule has 10 heteroatoms. The minimum Gasteiger partial charge on any atom is -0.352 e. The molecule has 0 aliphatic carbocycles. The molecule has 0 fully saturated rings. The summed E-state index contributed by atoms with van der Waals surface area (Å²) in [4.78, 5) is 29.8. The molecule has 0 bridgehead atoms. The number of halogens is 2. The number of amides is 2. The van der Waals surface area contributed by atoms with Crippen molar-refractivity contribution in [2.24, 2.45) is 0 Å². The SMILES string of the molecule is CC[C@H](C)NC(=O)[C@@H](Cc1ccccc1)N(Cc1ccc(Cl)cc1)C(=O)CN(c1ccc(Cl)cc1)S(=O)(=O)c1ccccc1. The minimum atomic E-state index is -4.18. The Bertz CT molecular complexity index is 1640. The Kier molecular flexibility index (Phi) is 11.4. The molecule has 2 atom stereocenters. The Morgan fingerprint density at radius 3 is 1.89 bits per heavy atom. The summed E-state index contributed by atoms with van der Waals surface area (Å²) in [6, 6.07) is 29.5. The number of carbonyl (C=O) groups excluding carboxylic acids is 2.